The SMILES string of the molecule is CCP1(Cl)=C(Cl)C(C)CC1. The lowest BCUT2D eigenvalue weighted by molar-refractivity contribution is 0.776. The normalized spacial score (nSPS) is 40.8. The van der Waals surface area contributed by atoms with E-state index in [1.165, 1.54) is 6.42 Å². The molecule has 1 aliphatic rings. The minimum Gasteiger partial charge on any atom is -0.0965 e. The maximum atomic E-state index is 6.34. The zero-order chi connectivity index (χ0) is 7.78. The molecule has 2 unspecified atom stereocenters. The van der Waals surface area contributed by atoms with Gasteiger partial charge in [0.2, 0.25) is 0 Å². The van der Waals surface area contributed by atoms with Gasteiger partial charge in [0.05, 0.1) is 0 Å². The monoisotopic (exact) mass is 198 g/mol. The minimum absolute atomic E-state index is 0.562. The summed E-state index contributed by atoms with van der Waals surface area (Å²) in [4.78, 5) is 0. The third-order valence-corrected chi connectivity index (χ3v) is 8.76. The third-order valence-electron chi connectivity index (χ3n) is 2.21. The second-order valence-electron chi connectivity index (χ2n) is 2.92. The summed E-state index contributed by atoms with van der Waals surface area (Å²) in [5.41, 5.74) is 0. The first-order valence-electron chi connectivity index (χ1n) is 3.70. The molecule has 2 atom stereocenters. The van der Waals surface area contributed by atoms with Crippen LogP contribution in [0.5, 0.6) is 0 Å². The quantitative estimate of drug-likeness (QED) is 0.566. The van der Waals surface area contributed by atoms with Crippen molar-refractivity contribution >= 4 is 33.8 Å². The van der Waals surface area contributed by atoms with Gasteiger partial charge in [0.25, 0.3) is 0 Å². The van der Waals surface area contributed by atoms with Crippen molar-refractivity contribution in [2.24, 2.45) is 5.92 Å². The van der Waals surface area contributed by atoms with E-state index in [2.05, 4.69) is 13.8 Å². The molecule has 0 aromatic rings. The molecule has 0 aliphatic carbocycles. The molecule has 3 heteroatoms. The van der Waals surface area contributed by atoms with E-state index in [0.29, 0.717) is 5.92 Å². The van der Waals surface area contributed by atoms with Crippen molar-refractivity contribution in [1.82, 2.24) is 0 Å². The Morgan fingerprint density at radius 1 is 1.70 bits per heavy atom. The zero-order valence-corrected chi connectivity index (χ0v) is 8.81. The first-order chi connectivity index (χ1) is 4.60. The standard InChI is InChI=1S/C7H13Cl2P/c1-3-10(9)5-4-6(2)7(10)8/h6H,3-5H2,1-2H3. The lowest BCUT2D eigenvalue weighted by Gasteiger charge is -2.10. The Morgan fingerprint density at radius 3 is 2.50 bits per heavy atom. The fraction of sp³-hybridized carbons (Fsp3) is 0.857. The van der Waals surface area contributed by atoms with Gasteiger partial charge in [-0.1, -0.05) is 36.7 Å². The number of hydrogen-bond acceptors (Lipinski definition) is 0. The molecule has 1 rings (SSSR count). The Balaban J connectivity index is 2.93. The highest BCUT2D eigenvalue weighted by Gasteiger charge is 2.28. The van der Waals surface area contributed by atoms with Gasteiger partial charge in [0.1, 0.15) is 0 Å². The molecule has 60 valence electrons. The van der Waals surface area contributed by atoms with Crippen LogP contribution in [0.3, 0.4) is 0 Å². The van der Waals surface area contributed by atoms with Crippen molar-refractivity contribution in [1.29, 1.82) is 0 Å². The smallest absolute Gasteiger partial charge is 0.0323 e. The predicted octanol–water partition coefficient (Wildman–Crippen LogP) is 3.59. The average molecular weight is 199 g/mol. The Hall–Kier alpha value is 0.880. The Morgan fingerprint density at radius 2 is 2.30 bits per heavy atom. The highest BCUT2D eigenvalue weighted by atomic mass is 35.7. The highest BCUT2D eigenvalue weighted by Crippen LogP contribution is 2.61. The average Bonchev–Trinajstić information content (AvgIpc) is 2.19. The molecule has 0 saturated carbocycles. The van der Waals surface area contributed by atoms with E-state index in [9.17, 15) is 0 Å². The minimum atomic E-state index is -1.29. The second kappa shape index (κ2) is 3.09. The Kier molecular flexibility index (Phi) is 2.77. The van der Waals surface area contributed by atoms with Gasteiger partial charge < -0.3 is 0 Å². The van der Waals surface area contributed by atoms with Crippen LogP contribution < -0.4 is 0 Å². The number of rotatable bonds is 1. The van der Waals surface area contributed by atoms with Crippen LogP contribution in [0.1, 0.15) is 20.3 Å². The van der Waals surface area contributed by atoms with Gasteiger partial charge in [-0.2, -0.15) is 0 Å². The van der Waals surface area contributed by atoms with Gasteiger partial charge in [0.15, 0.2) is 0 Å². The summed E-state index contributed by atoms with van der Waals surface area (Å²) in [6.45, 7) is 4.31. The van der Waals surface area contributed by atoms with E-state index in [4.69, 9.17) is 22.8 Å². The van der Waals surface area contributed by atoms with E-state index >= 15 is 0 Å². The predicted molar refractivity (Wildman–Crippen MR) is 52.8 cm³/mol. The van der Waals surface area contributed by atoms with Crippen LogP contribution in [0, 0.1) is 5.92 Å². The molecular weight excluding hydrogens is 186 g/mol. The van der Waals surface area contributed by atoms with Crippen LogP contribution in [0.4, 0.5) is 0 Å². The lowest BCUT2D eigenvalue weighted by Crippen LogP contribution is -1.96. The molecule has 0 N–H and O–H groups in total. The van der Waals surface area contributed by atoms with Crippen LogP contribution >= 0.6 is 29.1 Å². The lowest BCUT2D eigenvalue weighted by atomic mass is 10.2. The number of halogens is 2. The van der Waals surface area contributed by atoms with Crippen molar-refractivity contribution in [3.8, 4) is 0 Å². The third kappa shape index (κ3) is 1.40. The summed E-state index contributed by atoms with van der Waals surface area (Å²) < 4.78 is 1.08. The van der Waals surface area contributed by atoms with Gasteiger partial charge in [0, 0.05) is 4.75 Å². The molecule has 0 amide bonds. The summed E-state index contributed by atoms with van der Waals surface area (Å²) in [6, 6.07) is 0. The summed E-state index contributed by atoms with van der Waals surface area (Å²) in [5, 5.41) is 0. The molecule has 1 aliphatic heterocycles. The molecule has 0 nitrogen and oxygen atoms in total. The fourth-order valence-electron chi connectivity index (χ4n) is 1.33. The molecule has 10 heavy (non-hydrogen) atoms. The molecule has 0 aromatic heterocycles. The molecule has 0 saturated heterocycles. The van der Waals surface area contributed by atoms with E-state index in [-0.39, 0.29) is 0 Å². The van der Waals surface area contributed by atoms with Crippen molar-refractivity contribution < 1.29 is 0 Å². The topological polar surface area (TPSA) is 0 Å². The van der Waals surface area contributed by atoms with Crippen LogP contribution in [0.2, 0.25) is 0 Å². The van der Waals surface area contributed by atoms with Gasteiger partial charge in [-0.3, -0.25) is 0 Å². The second-order valence-corrected chi connectivity index (χ2v) is 8.82. The molecular formula is C7H13Cl2P. The zero-order valence-electron chi connectivity index (χ0n) is 6.40. The van der Waals surface area contributed by atoms with Crippen molar-refractivity contribution in [3.63, 3.8) is 0 Å². The summed E-state index contributed by atoms with van der Waals surface area (Å²) in [7, 11) is 0. The Labute approximate surface area is 72.7 Å². The first-order valence-corrected chi connectivity index (χ1v) is 7.14. The van der Waals surface area contributed by atoms with E-state index in [1.807, 2.05) is 0 Å². The maximum Gasteiger partial charge on any atom is 0.0323 e. The molecule has 1 heterocycles. The van der Waals surface area contributed by atoms with Gasteiger partial charge in [-0.05, 0) is 30.9 Å². The molecule has 0 spiro atoms. The van der Waals surface area contributed by atoms with Crippen LogP contribution in [-0.2, 0) is 0 Å². The van der Waals surface area contributed by atoms with Crippen molar-refractivity contribution in [2.75, 3.05) is 12.3 Å². The van der Waals surface area contributed by atoms with Crippen molar-refractivity contribution in [2.45, 2.75) is 20.3 Å². The van der Waals surface area contributed by atoms with E-state index < -0.39 is 6.24 Å². The van der Waals surface area contributed by atoms with Gasteiger partial charge >= 0.3 is 0 Å². The number of hydrogen-bond donors (Lipinski definition) is 0. The van der Waals surface area contributed by atoms with Crippen LogP contribution in [-0.4, -0.2) is 17.1 Å². The summed E-state index contributed by atoms with van der Waals surface area (Å²) in [6.07, 6.45) is 2.13. The summed E-state index contributed by atoms with van der Waals surface area (Å²) >= 11 is 12.4. The van der Waals surface area contributed by atoms with E-state index in [0.717, 1.165) is 17.1 Å². The van der Waals surface area contributed by atoms with Crippen molar-refractivity contribution in [3.05, 3.63) is 0 Å². The summed E-state index contributed by atoms with van der Waals surface area (Å²) in [5.74, 6) is 0.562. The van der Waals surface area contributed by atoms with E-state index in [1.54, 1.807) is 0 Å². The van der Waals surface area contributed by atoms with Gasteiger partial charge in [-0.25, -0.2) is 0 Å². The molecule has 0 bridgehead atoms. The van der Waals surface area contributed by atoms with Crippen LogP contribution in [0.15, 0.2) is 0 Å². The maximum absolute atomic E-state index is 6.34. The highest BCUT2D eigenvalue weighted by molar-refractivity contribution is 8.00. The van der Waals surface area contributed by atoms with Gasteiger partial charge in [-0.15, -0.1) is 0 Å². The first kappa shape index (κ1) is 8.97. The molecule has 0 radical (unpaired) electrons. The molecule has 0 fully saturated rings. The fourth-order valence-corrected chi connectivity index (χ4v) is 5.39. The largest absolute Gasteiger partial charge is 0.0965 e. The molecule has 0 aromatic carbocycles. The Bertz CT molecular complexity index is 186. The van der Waals surface area contributed by atoms with Crippen LogP contribution in [0.25, 0.3) is 0 Å².